The van der Waals surface area contributed by atoms with Gasteiger partial charge >= 0.3 is 0 Å². The lowest BCUT2D eigenvalue weighted by molar-refractivity contribution is -0.121. The van der Waals surface area contributed by atoms with Crippen LogP contribution in [0.3, 0.4) is 0 Å². The van der Waals surface area contributed by atoms with Crippen LogP contribution in [-0.2, 0) is 14.8 Å². The summed E-state index contributed by atoms with van der Waals surface area (Å²) < 4.78 is 26.0. The fraction of sp³-hybridized carbons (Fsp3) is 0.562. The first kappa shape index (κ1) is 17.0. The van der Waals surface area contributed by atoms with Crippen molar-refractivity contribution in [2.24, 2.45) is 0 Å². The molecule has 1 aliphatic rings. The third-order valence-corrected chi connectivity index (χ3v) is 6.10. The number of anilines is 1. The molecule has 1 aromatic rings. The number of rotatable bonds is 5. The van der Waals surface area contributed by atoms with Gasteiger partial charge in [0, 0.05) is 19.3 Å². The zero-order chi connectivity index (χ0) is 16.3. The van der Waals surface area contributed by atoms with Crippen molar-refractivity contribution in [3.63, 3.8) is 0 Å². The molecule has 1 heterocycles. The van der Waals surface area contributed by atoms with E-state index >= 15 is 0 Å². The fourth-order valence-corrected chi connectivity index (χ4v) is 4.62. The molecule has 1 atom stereocenters. The average Bonchev–Trinajstić information content (AvgIpc) is 2.96. The molecule has 1 amide bonds. The fourth-order valence-electron chi connectivity index (χ4n) is 2.88. The third kappa shape index (κ3) is 3.50. The van der Waals surface area contributed by atoms with E-state index in [1.54, 1.807) is 11.9 Å². The van der Waals surface area contributed by atoms with Crippen LogP contribution in [0, 0.1) is 6.92 Å². The van der Waals surface area contributed by atoms with Crippen LogP contribution in [0.15, 0.2) is 24.3 Å². The molecule has 122 valence electrons. The molecular formula is C16H24N2O3S. The van der Waals surface area contributed by atoms with Crippen molar-refractivity contribution in [1.82, 2.24) is 4.31 Å². The number of carbonyl (C=O) groups is 1. The smallest absolute Gasteiger partial charge is 0.245 e. The topological polar surface area (TPSA) is 57.7 Å². The minimum Gasteiger partial charge on any atom is -0.314 e. The van der Waals surface area contributed by atoms with Crippen molar-refractivity contribution in [3.8, 4) is 0 Å². The summed E-state index contributed by atoms with van der Waals surface area (Å²) in [5, 5.41) is 0. The molecule has 1 aliphatic heterocycles. The quantitative estimate of drug-likeness (QED) is 0.834. The van der Waals surface area contributed by atoms with Gasteiger partial charge in [-0.1, -0.05) is 19.1 Å². The van der Waals surface area contributed by atoms with E-state index in [-0.39, 0.29) is 11.7 Å². The van der Waals surface area contributed by atoms with Crippen LogP contribution in [0.4, 0.5) is 5.69 Å². The largest absolute Gasteiger partial charge is 0.314 e. The SMILES string of the molecule is CCCS(=O)(=O)N1CCCC1C(=O)N(C)c1cccc(C)c1. The lowest BCUT2D eigenvalue weighted by Crippen LogP contribution is -2.47. The molecule has 0 bridgehead atoms. The number of sulfonamides is 1. The zero-order valence-corrected chi connectivity index (χ0v) is 14.3. The molecule has 22 heavy (non-hydrogen) atoms. The van der Waals surface area contributed by atoms with Crippen LogP contribution in [0.25, 0.3) is 0 Å². The lowest BCUT2D eigenvalue weighted by Gasteiger charge is -2.27. The van der Waals surface area contributed by atoms with Gasteiger partial charge in [-0.05, 0) is 43.9 Å². The first-order chi connectivity index (χ1) is 10.4. The van der Waals surface area contributed by atoms with Gasteiger partial charge in [-0.15, -0.1) is 0 Å². The molecule has 0 spiro atoms. The highest BCUT2D eigenvalue weighted by molar-refractivity contribution is 7.89. The van der Waals surface area contributed by atoms with Crippen molar-refractivity contribution in [3.05, 3.63) is 29.8 Å². The van der Waals surface area contributed by atoms with Crippen LogP contribution in [0.1, 0.15) is 31.7 Å². The van der Waals surface area contributed by atoms with Gasteiger partial charge in [0.1, 0.15) is 6.04 Å². The standard InChI is InChI=1S/C16H24N2O3S/c1-4-11-22(20,21)18-10-6-9-15(18)16(19)17(3)14-8-5-7-13(2)12-14/h5,7-8,12,15H,4,6,9-11H2,1-3H3. The molecule has 1 saturated heterocycles. The number of hydrogen-bond acceptors (Lipinski definition) is 3. The summed E-state index contributed by atoms with van der Waals surface area (Å²) in [6.07, 6.45) is 1.90. The van der Waals surface area contributed by atoms with Crippen molar-refractivity contribution >= 4 is 21.6 Å². The Balaban J connectivity index is 2.21. The minimum absolute atomic E-state index is 0.102. The van der Waals surface area contributed by atoms with Crippen molar-refractivity contribution in [1.29, 1.82) is 0 Å². The minimum atomic E-state index is -3.34. The summed E-state index contributed by atoms with van der Waals surface area (Å²) in [4.78, 5) is 14.3. The number of likely N-dealkylation sites (N-methyl/N-ethyl adjacent to an activating group) is 1. The highest BCUT2D eigenvalue weighted by Gasteiger charge is 2.39. The molecule has 6 heteroatoms. The summed E-state index contributed by atoms with van der Waals surface area (Å²) in [6, 6.07) is 7.09. The second kappa shape index (κ2) is 6.79. The van der Waals surface area contributed by atoms with E-state index in [9.17, 15) is 13.2 Å². The molecule has 0 aliphatic carbocycles. The molecule has 0 radical (unpaired) electrons. The number of aryl methyl sites for hydroxylation is 1. The van der Waals surface area contributed by atoms with Gasteiger partial charge < -0.3 is 4.90 Å². The molecule has 0 saturated carbocycles. The average molecular weight is 324 g/mol. The molecule has 1 fully saturated rings. The molecule has 5 nitrogen and oxygen atoms in total. The Morgan fingerprint density at radius 1 is 1.41 bits per heavy atom. The summed E-state index contributed by atoms with van der Waals surface area (Å²) >= 11 is 0. The van der Waals surface area contributed by atoms with E-state index in [4.69, 9.17) is 0 Å². The highest BCUT2D eigenvalue weighted by Crippen LogP contribution is 2.25. The maximum Gasteiger partial charge on any atom is 0.245 e. The predicted octanol–water partition coefficient (Wildman–Crippen LogP) is 2.16. The summed E-state index contributed by atoms with van der Waals surface area (Å²) in [5.41, 5.74) is 1.86. The highest BCUT2D eigenvalue weighted by atomic mass is 32.2. The maximum atomic E-state index is 12.7. The van der Waals surface area contributed by atoms with Gasteiger partial charge in [-0.2, -0.15) is 4.31 Å². The zero-order valence-electron chi connectivity index (χ0n) is 13.4. The second-order valence-electron chi connectivity index (χ2n) is 5.82. The molecule has 0 N–H and O–H groups in total. The van der Waals surface area contributed by atoms with Crippen LogP contribution < -0.4 is 4.90 Å². The summed E-state index contributed by atoms with van der Waals surface area (Å²) in [5.74, 6) is -0.0481. The number of carbonyl (C=O) groups excluding carboxylic acids is 1. The normalized spacial score (nSPS) is 19.3. The van der Waals surface area contributed by atoms with E-state index < -0.39 is 16.1 Å². The molecule has 1 aromatic carbocycles. The summed E-state index contributed by atoms with van der Waals surface area (Å²) in [6.45, 7) is 4.25. The van der Waals surface area contributed by atoms with Gasteiger partial charge in [0.2, 0.25) is 15.9 Å². The second-order valence-corrected chi connectivity index (χ2v) is 7.86. The molecular weight excluding hydrogens is 300 g/mol. The van der Waals surface area contributed by atoms with Crippen LogP contribution in [-0.4, -0.2) is 44.0 Å². The Bertz CT molecular complexity index is 643. The number of hydrogen-bond donors (Lipinski definition) is 0. The van der Waals surface area contributed by atoms with Crippen LogP contribution in [0.2, 0.25) is 0 Å². The monoisotopic (exact) mass is 324 g/mol. The van der Waals surface area contributed by atoms with Gasteiger partial charge in [-0.25, -0.2) is 8.42 Å². The van der Waals surface area contributed by atoms with E-state index in [0.29, 0.717) is 19.4 Å². The van der Waals surface area contributed by atoms with E-state index in [1.807, 2.05) is 38.1 Å². The van der Waals surface area contributed by atoms with Crippen LogP contribution >= 0.6 is 0 Å². The van der Waals surface area contributed by atoms with Crippen LogP contribution in [0.5, 0.6) is 0 Å². The van der Waals surface area contributed by atoms with Gasteiger partial charge in [-0.3, -0.25) is 4.79 Å². The van der Waals surface area contributed by atoms with Gasteiger partial charge in [0.05, 0.1) is 5.75 Å². The molecule has 2 rings (SSSR count). The van der Waals surface area contributed by atoms with Gasteiger partial charge in [0.25, 0.3) is 0 Å². The Morgan fingerprint density at radius 2 is 2.14 bits per heavy atom. The number of benzene rings is 1. The molecule has 0 aromatic heterocycles. The van der Waals surface area contributed by atoms with E-state index in [1.165, 1.54) is 4.31 Å². The Labute approximate surface area is 133 Å². The van der Waals surface area contributed by atoms with Gasteiger partial charge in [0.15, 0.2) is 0 Å². The van der Waals surface area contributed by atoms with E-state index in [0.717, 1.165) is 17.7 Å². The first-order valence-electron chi connectivity index (χ1n) is 7.70. The number of nitrogens with zero attached hydrogens (tertiary/aromatic N) is 2. The van der Waals surface area contributed by atoms with E-state index in [2.05, 4.69) is 0 Å². The Hall–Kier alpha value is -1.40. The summed E-state index contributed by atoms with van der Waals surface area (Å²) in [7, 11) is -1.63. The lowest BCUT2D eigenvalue weighted by atomic mass is 10.1. The Morgan fingerprint density at radius 3 is 2.77 bits per heavy atom. The van der Waals surface area contributed by atoms with Crippen molar-refractivity contribution in [2.75, 3.05) is 24.2 Å². The predicted molar refractivity (Wildman–Crippen MR) is 88.4 cm³/mol. The first-order valence-corrected chi connectivity index (χ1v) is 9.31. The van der Waals surface area contributed by atoms with Crippen molar-refractivity contribution in [2.45, 2.75) is 39.2 Å². The Kier molecular flexibility index (Phi) is 5.24. The maximum absolute atomic E-state index is 12.7. The third-order valence-electron chi connectivity index (χ3n) is 4.03. The number of amides is 1. The molecule has 1 unspecified atom stereocenters. The van der Waals surface area contributed by atoms with Crippen molar-refractivity contribution < 1.29 is 13.2 Å².